The van der Waals surface area contributed by atoms with Gasteiger partial charge in [-0.05, 0) is 24.6 Å². The summed E-state index contributed by atoms with van der Waals surface area (Å²) in [6.07, 6.45) is 0.548. The lowest BCUT2D eigenvalue weighted by atomic mass is 10.2. The summed E-state index contributed by atoms with van der Waals surface area (Å²) in [7, 11) is 1.50. The van der Waals surface area contributed by atoms with Gasteiger partial charge in [-0.1, -0.05) is 34.8 Å². The van der Waals surface area contributed by atoms with Crippen LogP contribution >= 0.6 is 46.4 Å². The number of hydrogen-bond donors (Lipinski definition) is 0. The van der Waals surface area contributed by atoms with Gasteiger partial charge in [0.1, 0.15) is 16.2 Å². The van der Waals surface area contributed by atoms with Crippen LogP contribution in [-0.4, -0.2) is 45.6 Å². The van der Waals surface area contributed by atoms with Gasteiger partial charge in [-0.15, -0.1) is 11.6 Å². The Morgan fingerprint density at radius 2 is 2.00 bits per heavy atom. The summed E-state index contributed by atoms with van der Waals surface area (Å²) in [5.74, 6) is -1.33. The maximum absolute atomic E-state index is 13.3. The van der Waals surface area contributed by atoms with Gasteiger partial charge in [-0.2, -0.15) is 0 Å². The second-order valence-electron chi connectivity index (χ2n) is 5.99. The summed E-state index contributed by atoms with van der Waals surface area (Å²) < 4.78 is 12.0. The maximum atomic E-state index is 13.3. The van der Waals surface area contributed by atoms with E-state index >= 15 is 0 Å². The van der Waals surface area contributed by atoms with Crippen LogP contribution < -0.4 is 4.90 Å². The molecule has 130 valence electrons. The van der Waals surface area contributed by atoms with Gasteiger partial charge >= 0.3 is 0 Å². The number of alkyl halides is 3. The minimum atomic E-state index is -1.39. The number of amides is 2. The van der Waals surface area contributed by atoms with E-state index in [0.29, 0.717) is 18.7 Å². The molecule has 0 spiro atoms. The van der Waals surface area contributed by atoms with Gasteiger partial charge in [0.2, 0.25) is 11.8 Å². The molecule has 0 N–H and O–H groups in total. The van der Waals surface area contributed by atoms with Crippen LogP contribution in [0.3, 0.4) is 0 Å². The van der Waals surface area contributed by atoms with Crippen molar-refractivity contribution in [1.29, 1.82) is 0 Å². The van der Waals surface area contributed by atoms with Crippen molar-refractivity contribution >= 4 is 63.9 Å². The molecule has 4 nitrogen and oxygen atoms in total. The lowest BCUT2D eigenvalue weighted by Crippen LogP contribution is -2.47. The molecule has 0 bridgehead atoms. The van der Waals surface area contributed by atoms with Crippen LogP contribution in [0.2, 0.25) is 5.02 Å². The molecule has 0 radical (unpaired) electrons. The normalized spacial score (nSPS) is 28.2. The van der Waals surface area contributed by atoms with Gasteiger partial charge in [0.25, 0.3) is 0 Å². The zero-order chi connectivity index (χ0) is 17.9. The fourth-order valence-corrected chi connectivity index (χ4v) is 4.06. The van der Waals surface area contributed by atoms with Crippen LogP contribution in [0.1, 0.15) is 12.8 Å². The number of carbonyl (C=O) groups is 2. The number of nitrogens with zero attached hydrogens (tertiary/aromatic N) is 2. The van der Waals surface area contributed by atoms with Crippen LogP contribution in [0.4, 0.5) is 10.1 Å². The molecule has 1 aromatic rings. The number of halogens is 5. The minimum Gasteiger partial charge on any atom is -0.332 e. The van der Waals surface area contributed by atoms with E-state index in [0.717, 1.165) is 0 Å². The molecule has 1 aliphatic carbocycles. The van der Waals surface area contributed by atoms with Gasteiger partial charge in [-0.25, -0.2) is 4.39 Å². The third-order valence-corrected chi connectivity index (χ3v) is 6.45. The zero-order valence-corrected chi connectivity index (χ0v) is 15.6. The van der Waals surface area contributed by atoms with E-state index in [1.165, 1.54) is 35.0 Å². The van der Waals surface area contributed by atoms with E-state index in [9.17, 15) is 14.0 Å². The zero-order valence-electron chi connectivity index (χ0n) is 12.5. The number of rotatable bonds is 3. The summed E-state index contributed by atoms with van der Waals surface area (Å²) >= 11 is 23.8. The van der Waals surface area contributed by atoms with Crippen molar-refractivity contribution in [3.05, 3.63) is 29.0 Å². The van der Waals surface area contributed by atoms with Crippen LogP contribution in [-0.2, 0) is 9.59 Å². The van der Waals surface area contributed by atoms with Crippen LogP contribution in [0, 0.1) is 5.82 Å². The first kappa shape index (κ1) is 18.1. The number of hydrogen-bond acceptors (Lipinski definition) is 2. The third kappa shape index (κ3) is 2.75. The smallest absolute Gasteiger partial charge is 0.249 e. The molecule has 1 heterocycles. The molecule has 9 heteroatoms. The highest BCUT2D eigenvalue weighted by Crippen LogP contribution is 2.62. The fraction of sp³-hybridized carbons (Fsp3) is 0.467. The largest absolute Gasteiger partial charge is 0.332 e. The quantitative estimate of drug-likeness (QED) is 0.710. The highest BCUT2D eigenvalue weighted by molar-refractivity contribution is 6.62. The minimum absolute atomic E-state index is 0.0695. The van der Waals surface area contributed by atoms with E-state index in [-0.39, 0.29) is 17.4 Å². The molecular formula is C15H13Cl4FN2O2. The first-order valence-corrected chi connectivity index (χ1v) is 8.70. The standard InChI is InChI=1S/C15H13Cl4FN2O2/c1-21(13(24)14(17)7-15(14,18)19)11-4-5-22(12(11)23)8-2-3-10(20)9(16)6-8/h2-3,6,11H,4-5,7H2,1H3. The van der Waals surface area contributed by atoms with Gasteiger partial charge in [0.05, 0.1) is 5.02 Å². The fourth-order valence-electron chi connectivity index (χ4n) is 2.85. The summed E-state index contributed by atoms with van der Waals surface area (Å²) in [4.78, 5) is 26.5. The van der Waals surface area contributed by atoms with E-state index in [1.54, 1.807) is 0 Å². The molecule has 2 atom stereocenters. The van der Waals surface area contributed by atoms with E-state index in [1.807, 2.05) is 0 Å². The molecule has 24 heavy (non-hydrogen) atoms. The van der Waals surface area contributed by atoms with Crippen LogP contribution in [0.5, 0.6) is 0 Å². The SMILES string of the molecule is CN(C(=O)C1(Cl)CC1(Cl)Cl)C1CCN(c2ccc(F)c(Cl)c2)C1=O. The molecule has 1 aliphatic heterocycles. The topological polar surface area (TPSA) is 40.6 Å². The molecule has 1 saturated carbocycles. The molecular weight excluding hydrogens is 401 g/mol. The molecule has 2 aliphatic rings. The lowest BCUT2D eigenvalue weighted by molar-refractivity contribution is -0.137. The molecule has 0 aromatic heterocycles. The van der Waals surface area contributed by atoms with Gasteiger partial charge in [0.15, 0.2) is 4.87 Å². The summed E-state index contributed by atoms with van der Waals surface area (Å²) in [5.41, 5.74) is 0.478. The second kappa shape index (κ2) is 5.90. The summed E-state index contributed by atoms with van der Waals surface area (Å²) in [6, 6.07) is 3.36. The Hall–Kier alpha value is -0.750. The Labute approximate surface area is 158 Å². The second-order valence-corrected chi connectivity index (χ2v) is 8.53. The van der Waals surface area contributed by atoms with Crippen molar-refractivity contribution in [3.63, 3.8) is 0 Å². The monoisotopic (exact) mass is 412 g/mol. The first-order valence-electron chi connectivity index (χ1n) is 7.19. The van der Waals surface area contributed by atoms with Crippen molar-refractivity contribution in [3.8, 4) is 0 Å². The predicted octanol–water partition coefficient (Wildman–Crippen LogP) is 3.60. The lowest BCUT2D eigenvalue weighted by Gasteiger charge is -2.26. The Kier molecular flexibility index (Phi) is 4.44. The van der Waals surface area contributed by atoms with Gasteiger partial charge in [-0.3, -0.25) is 9.59 Å². The van der Waals surface area contributed by atoms with Crippen molar-refractivity contribution < 1.29 is 14.0 Å². The average Bonchev–Trinajstić information content (AvgIpc) is 2.85. The Morgan fingerprint density at radius 1 is 1.38 bits per heavy atom. The Morgan fingerprint density at radius 3 is 2.54 bits per heavy atom. The van der Waals surface area contributed by atoms with E-state index < -0.39 is 27.0 Å². The van der Waals surface area contributed by atoms with Crippen molar-refractivity contribution in [1.82, 2.24) is 4.90 Å². The molecule has 1 aromatic carbocycles. The first-order chi connectivity index (χ1) is 11.1. The van der Waals surface area contributed by atoms with Gasteiger partial charge < -0.3 is 9.80 Å². The van der Waals surface area contributed by atoms with Crippen molar-refractivity contribution in [2.75, 3.05) is 18.5 Å². The molecule has 2 amide bonds. The molecule has 3 rings (SSSR count). The third-order valence-electron chi connectivity index (χ3n) is 4.44. The Balaban J connectivity index is 1.76. The van der Waals surface area contributed by atoms with Crippen molar-refractivity contribution in [2.45, 2.75) is 28.1 Å². The molecule has 2 unspecified atom stereocenters. The molecule has 2 fully saturated rings. The highest BCUT2D eigenvalue weighted by atomic mass is 35.5. The summed E-state index contributed by atoms with van der Waals surface area (Å²) in [6.45, 7) is 0.380. The van der Waals surface area contributed by atoms with Crippen molar-refractivity contribution in [2.24, 2.45) is 0 Å². The van der Waals surface area contributed by atoms with Crippen LogP contribution in [0.25, 0.3) is 0 Å². The average molecular weight is 414 g/mol. The number of likely N-dealkylation sites (N-methyl/N-ethyl adjacent to an activating group) is 1. The van der Waals surface area contributed by atoms with E-state index in [2.05, 4.69) is 0 Å². The predicted molar refractivity (Wildman–Crippen MR) is 92.6 cm³/mol. The Bertz CT molecular complexity index is 729. The number of benzene rings is 1. The number of carbonyl (C=O) groups excluding carboxylic acids is 2. The number of anilines is 1. The van der Waals surface area contributed by atoms with E-state index in [4.69, 9.17) is 46.4 Å². The summed E-state index contributed by atoms with van der Waals surface area (Å²) in [5, 5.41) is -0.0695. The maximum Gasteiger partial charge on any atom is 0.249 e. The molecule has 1 saturated heterocycles. The van der Waals surface area contributed by atoms with Gasteiger partial charge in [0, 0.05) is 25.7 Å². The highest BCUT2D eigenvalue weighted by Gasteiger charge is 2.72. The van der Waals surface area contributed by atoms with Crippen LogP contribution in [0.15, 0.2) is 18.2 Å².